The van der Waals surface area contributed by atoms with Gasteiger partial charge in [-0.25, -0.2) is 0 Å². The fourth-order valence-electron chi connectivity index (χ4n) is 2.62. The molecule has 1 atom stereocenters. The standard InChI is InChI=1S/C18H24N2O2/c1-14-3-5-17(6-4-14)22-12-9-16(13-19)18(21)20-10-7-15(2)8-11-20/h3-6,15-16H,7-12H2,1-2H3. The number of piperidine rings is 1. The number of hydrogen-bond acceptors (Lipinski definition) is 3. The quantitative estimate of drug-likeness (QED) is 0.839. The first-order valence-corrected chi connectivity index (χ1v) is 7.98. The Hall–Kier alpha value is -2.02. The number of ether oxygens (including phenoxy) is 1. The van der Waals surface area contributed by atoms with E-state index in [1.807, 2.05) is 36.1 Å². The zero-order valence-corrected chi connectivity index (χ0v) is 13.4. The summed E-state index contributed by atoms with van der Waals surface area (Å²) in [6, 6.07) is 9.92. The Morgan fingerprint density at radius 2 is 2.00 bits per heavy atom. The van der Waals surface area contributed by atoms with Gasteiger partial charge in [-0.3, -0.25) is 4.79 Å². The first-order chi connectivity index (χ1) is 10.6. The van der Waals surface area contributed by atoms with Crippen molar-refractivity contribution in [2.45, 2.75) is 33.1 Å². The van der Waals surface area contributed by atoms with Gasteiger partial charge in [0, 0.05) is 19.5 Å². The van der Waals surface area contributed by atoms with Crippen LogP contribution in [0, 0.1) is 30.1 Å². The third-order valence-corrected chi connectivity index (χ3v) is 4.25. The average Bonchev–Trinajstić information content (AvgIpc) is 2.53. The monoisotopic (exact) mass is 300 g/mol. The molecule has 1 saturated heterocycles. The number of hydrogen-bond donors (Lipinski definition) is 0. The largest absolute Gasteiger partial charge is 0.494 e. The van der Waals surface area contributed by atoms with Crippen LogP contribution in [0.25, 0.3) is 0 Å². The molecule has 2 rings (SSSR count). The van der Waals surface area contributed by atoms with Crippen LogP contribution in [0.1, 0.15) is 31.7 Å². The van der Waals surface area contributed by atoms with Crippen LogP contribution in [-0.2, 0) is 4.79 Å². The number of aryl methyl sites for hydroxylation is 1. The molecule has 1 aliphatic rings. The second-order valence-electron chi connectivity index (χ2n) is 6.14. The second-order valence-corrected chi connectivity index (χ2v) is 6.14. The van der Waals surface area contributed by atoms with E-state index in [-0.39, 0.29) is 5.91 Å². The highest BCUT2D eigenvalue weighted by Crippen LogP contribution is 2.19. The molecular weight excluding hydrogens is 276 g/mol. The molecule has 1 aliphatic heterocycles. The van der Waals surface area contributed by atoms with Crippen LogP contribution in [0.15, 0.2) is 24.3 Å². The lowest BCUT2D eigenvalue weighted by Crippen LogP contribution is -2.41. The Labute approximate surface area is 132 Å². The van der Waals surface area contributed by atoms with Gasteiger partial charge in [-0.1, -0.05) is 24.6 Å². The summed E-state index contributed by atoms with van der Waals surface area (Å²) >= 11 is 0. The van der Waals surface area contributed by atoms with Crippen molar-refractivity contribution in [3.63, 3.8) is 0 Å². The topological polar surface area (TPSA) is 53.3 Å². The highest BCUT2D eigenvalue weighted by Gasteiger charge is 2.26. The van der Waals surface area contributed by atoms with E-state index in [1.54, 1.807) is 0 Å². The van der Waals surface area contributed by atoms with Crippen LogP contribution in [0.5, 0.6) is 5.75 Å². The predicted octanol–water partition coefficient (Wildman–Crippen LogP) is 3.16. The number of carbonyl (C=O) groups is 1. The van der Waals surface area contributed by atoms with Crippen molar-refractivity contribution >= 4 is 5.91 Å². The first kappa shape index (κ1) is 16.4. The first-order valence-electron chi connectivity index (χ1n) is 7.98. The number of carbonyl (C=O) groups excluding carboxylic acids is 1. The van der Waals surface area contributed by atoms with Crippen molar-refractivity contribution in [2.24, 2.45) is 11.8 Å². The van der Waals surface area contributed by atoms with Gasteiger partial charge >= 0.3 is 0 Å². The van der Waals surface area contributed by atoms with Crippen LogP contribution in [-0.4, -0.2) is 30.5 Å². The smallest absolute Gasteiger partial charge is 0.240 e. The molecule has 1 heterocycles. The molecule has 1 aromatic rings. The summed E-state index contributed by atoms with van der Waals surface area (Å²) in [5.41, 5.74) is 1.18. The third kappa shape index (κ3) is 4.49. The minimum atomic E-state index is -0.598. The summed E-state index contributed by atoms with van der Waals surface area (Å²) in [4.78, 5) is 14.2. The maximum absolute atomic E-state index is 12.4. The fraction of sp³-hybridized carbons (Fsp3) is 0.556. The third-order valence-electron chi connectivity index (χ3n) is 4.25. The van der Waals surface area contributed by atoms with E-state index in [1.165, 1.54) is 5.56 Å². The van der Waals surface area contributed by atoms with Gasteiger partial charge in [0.2, 0.25) is 5.91 Å². The van der Waals surface area contributed by atoms with Crippen molar-refractivity contribution in [3.8, 4) is 11.8 Å². The van der Waals surface area contributed by atoms with Gasteiger partial charge in [0.05, 0.1) is 12.7 Å². The molecule has 0 spiro atoms. The highest BCUT2D eigenvalue weighted by atomic mass is 16.5. The van der Waals surface area contributed by atoms with Crippen molar-refractivity contribution in [2.75, 3.05) is 19.7 Å². The molecule has 1 unspecified atom stereocenters. The number of amides is 1. The van der Waals surface area contributed by atoms with E-state index in [9.17, 15) is 10.1 Å². The summed E-state index contributed by atoms with van der Waals surface area (Å²) in [5.74, 6) is 0.816. The Morgan fingerprint density at radius 1 is 1.36 bits per heavy atom. The number of nitrogens with zero attached hydrogens (tertiary/aromatic N) is 2. The van der Waals surface area contributed by atoms with Gasteiger partial charge in [-0.15, -0.1) is 0 Å². The van der Waals surface area contributed by atoms with E-state index in [4.69, 9.17) is 4.74 Å². The maximum Gasteiger partial charge on any atom is 0.240 e. The molecule has 0 aromatic heterocycles. The van der Waals surface area contributed by atoms with E-state index in [2.05, 4.69) is 13.0 Å². The molecule has 1 fully saturated rings. The van der Waals surface area contributed by atoms with E-state index in [0.29, 0.717) is 18.9 Å². The molecule has 22 heavy (non-hydrogen) atoms. The average molecular weight is 300 g/mol. The van der Waals surface area contributed by atoms with Crippen LogP contribution in [0.2, 0.25) is 0 Å². The molecule has 0 aliphatic carbocycles. The Bertz CT molecular complexity index is 525. The second kappa shape index (κ2) is 7.84. The van der Waals surface area contributed by atoms with Crippen molar-refractivity contribution in [1.29, 1.82) is 5.26 Å². The van der Waals surface area contributed by atoms with Gasteiger partial charge in [0.15, 0.2) is 0 Å². The highest BCUT2D eigenvalue weighted by molar-refractivity contribution is 5.81. The zero-order valence-electron chi connectivity index (χ0n) is 13.4. The molecule has 0 N–H and O–H groups in total. The number of likely N-dealkylation sites (tertiary alicyclic amines) is 1. The van der Waals surface area contributed by atoms with Gasteiger partial charge in [0.25, 0.3) is 0 Å². The van der Waals surface area contributed by atoms with E-state index in [0.717, 1.165) is 31.7 Å². The SMILES string of the molecule is Cc1ccc(OCCC(C#N)C(=O)N2CCC(C)CC2)cc1. The van der Waals surface area contributed by atoms with Gasteiger partial charge in [0.1, 0.15) is 11.7 Å². The lowest BCUT2D eigenvalue weighted by Gasteiger charge is -2.31. The number of benzene rings is 1. The van der Waals surface area contributed by atoms with E-state index >= 15 is 0 Å². The van der Waals surface area contributed by atoms with E-state index < -0.39 is 5.92 Å². The van der Waals surface area contributed by atoms with Crippen molar-refractivity contribution in [1.82, 2.24) is 4.90 Å². The summed E-state index contributed by atoms with van der Waals surface area (Å²) in [5, 5.41) is 9.26. The molecule has 0 radical (unpaired) electrons. The molecule has 1 aromatic carbocycles. The van der Waals surface area contributed by atoms with Crippen molar-refractivity contribution < 1.29 is 9.53 Å². The summed E-state index contributed by atoms with van der Waals surface area (Å²) in [7, 11) is 0. The fourth-order valence-corrected chi connectivity index (χ4v) is 2.62. The van der Waals surface area contributed by atoms with Gasteiger partial charge in [-0.2, -0.15) is 5.26 Å². The Balaban J connectivity index is 1.80. The summed E-state index contributed by atoms with van der Waals surface area (Å²) in [6.07, 6.45) is 2.50. The van der Waals surface area contributed by atoms with Crippen LogP contribution < -0.4 is 4.74 Å². The Morgan fingerprint density at radius 3 is 2.59 bits per heavy atom. The number of rotatable bonds is 5. The molecule has 0 bridgehead atoms. The summed E-state index contributed by atoms with van der Waals surface area (Å²) < 4.78 is 5.63. The maximum atomic E-state index is 12.4. The molecular formula is C18H24N2O2. The minimum Gasteiger partial charge on any atom is -0.494 e. The lowest BCUT2D eigenvalue weighted by atomic mass is 9.97. The zero-order chi connectivity index (χ0) is 15.9. The predicted molar refractivity (Wildman–Crippen MR) is 85.4 cm³/mol. The molecule has 4 nitrogen and oxygen atoms in total. The molecule has 118 valence electrons. The minimum absolute atomic E-state index is 0.0399. The molecule has 4 heteroatoms. The van der Waals surface area contributed by atoms with Crippen molar-refractivity contribution in [3.05, 3.63) is 29.8 Å². The van der Waals surface area contributed by atoms with Crippen LogP contribution in [0.4, 0.5) is 0 Å². The Kier molecular flexibility index (Phi) is 5.83. The van der Waals surface area contributed by atoms with Gasteiger partial charge in [-0.05, 0) is 37.8 Å². The van der Waals surface area contributed by atoms with Crippen LogP contribution in [0.3, 0.4) is 0 Å². The normalized spacial score (nSPS) is 16.9. The summed E-state index contributed by atoms with van der Waals surface area (Å²) in [6.45, 7) is 6.16. The number of nitriles is 1. The lowest BCUT2D eigenvalue weighted by molar-refractivity contribution is -0.135. The van der Waals surface area contributed by atoms with Gasteiger partial charge < -0.3 is 9.64 Å². The van der Waals surface area contributed by atoms with Crippen LogP contribution >= 0.6 is 0 Å². The molecule has 1 amide bonds. The molecule has 0 saturated carbocycles.